The standard InChI is InChI=1S/C25H14ClN/c26-20-9-5-6-14-12-17-18(23(14)20)13-19-15-7-1-3-10-21(15)27-22-11-4-2-8-16(22)24(17)25(19)27/h1-11,13H,12H2. The van der Waals surface area contributed by atoms with Gasteiger partial charge in [0.15, 0.2) is 0 Å². The lowest BCUT2D eigenvalue weighted by atomic mass is 9.97. The van der Waals surface area contributed by atoms with E-state index in [0.29, 0.717) is 0 Å². The molecule has 2 aromatic heterocycles. The Morgan fingerprint density at radius 1 is 0.741 bits per heavy atom. The molecule has 6 aromatic rings. The van der Waals surface area contributed by atoms with Gasteiger partial charge in [0.1, 0.15) is 0 Å². The van der Waals surface area contributed by atoms with Gasteiger partial charge in [0, 0.05) is 32.1 Å². The Morgan fingerprint density at radius 2 is 1.48 bits per heavy atom. The van der Waals surface area contributed by atoms with E-state index in [-0.39, 0.29) is 0 Å². The molecule has 1 aliphatic carbocycles. The van der Waals surface area contributed by atoms with Crippen LogP contribution >= 0.6 is 11.6 Å². The Balaban J connectivity index is 1.84. The van der Waals surface area contributed by atoms with Crippen LogP contribution in [0.5, 0.6) is 0 Å². The molecule has 0 aliphatic heterocycles. The quantitative estimate of drug-likeness (QED) is 0.271. The molecule has 0 bridgehead atoms. The second-order valence-electron chi connectivity index (χ2n) is 7.49. The van der Waals surface area contributed by atoms with Crippen LogP contribution in [-0.2, 0) is 6.42 Å². The Kier molecular flexibility index (Phi) is 2.41. The van der Waals surface area contributed by atoms with Crippen molar-refractivity contribution in [3.05, 3.63) is 88.9 Å². The first-order valence-electron chi connectivity index (χ1n) is 9.29. The maximum Gasteiger partial charge on any atom is 0.0623 e. The van der Waals surface area contributed by atoms with Crippen molar-refractivity contribution in [2.75, 3.05) is 0 Å². The maximum absolute atomic E-state index is 6.64. The third-order valence-corrected chi connectivity index (χ3v) is 6.53. The lowest BCUT2D eigenvalue weighted by molar-refractivity contribution is 1.29. The van der Waals surface area contributed by atoms with E-state index < -0.39 is 0 Å². The molecule has 7 rings (SSSR count). The number of rotatable bonds is 0. The fraction of sp³-hybridized carbons (Fsp3) is 0.0400. The highest BCUT2D eigenvalue weighted by Crippen LogP contribution is 2.49. The molecule has 0 N–H and O–H groups in total. The fourth-order valence-electron chi connectivity index (χ4n) is 5.20. The zero-order valence-electron chi connectivity index (χ0n) is 14.5. The third kappa shape index (κ3) is 1.54. The van der Waals surface area contributed by atoms with Gasteiger partial charge in [-0.3, -0.25) is 0 Å². The van der Waals surface area contributed by atoms with E-state index in [1.54, 1.807) is 0 Å². The van der Waals surface area contributed by atoms with E-state index in [1.165, 1.54) is 60.3 Å². The van der Waals surface area contributed by atoms with Crippen molar-refractivity contribution in [3.8, 4) is 11.1 Å². The minimum Gasteiger partial charge on any atom is -0.308 e. The molecule has 0 atom stereocenters. The Hall–Kier alpha value is -3.03. The number of hydrogen-bond donors (Lipinski definition) is 0. The number of benzene rings is 4. The van der Waals surface area contributed by atoms with Crippen LogP contribution in [0.25, 0.3) is 49.2 Å². The second kappa shape index (κ2) is 4.62. The number of fused-ring (bicyclic) bond motifs is 10. The summed E-state index contributed by atoms with van der Waals surface area (Å²) in [7, 11) is 0. The molecule has 4 aromatic carbocycles. The topological polar surface area (TPSA) is 4.41 Å². The van der Waals surface area contributed by atoms with Gasteiger partial charge in [0.2, 0.25) is 0 Å². The van der Waals surface area contributed by atoms with Crippen molar-refractivity contribution in [2.24, 2.45) is 0 Å². The number of hydrogen-bond acceptors (Lipinski definition) is 0. The molecule has 126 valence electrons. The van der Waals surface area contributed by atoms with Crippen molar-refractivity contribution in [1.29, 1.82) is 0 Å². The minimum absolute atomic E-state index is 0.854. The smallest absolute Gasteiger partial charge is 0.0623 e. The predicted molar refractivity (Wildman–Crippen MR) is 114 cm³/mol. The monoisotopic (exact) mass is 363 g/mol. The van der Waals surface area contributed by atoms with Crippen molar-refractivity contribution in [3.63, 3.8) is 0 Å². The van der Waals surface area contributed by atoms with Gasteiger partial charge >= 0.3 is 0 Å². The Labute approximate surface area is 160 Å². The average Bonchev–Trinajstić information content (AvgIpc) is 3.33. The van der Waals surface area contributed by atoms with Gasteiger partial charge in [-0.1, -0.05) is 60.1 Å². The zero-order valence-corrected chi connectivity index (χ0v) is 15.2. The molecule has 0 saturated heterocycles. The number of nitrogens with zero attached hydrogens (tertiary/aromatic N) is 1. The van der Waals surface area contributed by atoms with E-state index in [4.69, 9.17) is 11.6 Å². The van der Waals surface area contributed by atoms with Crippen LogP contribution < -0.4 is 0 Å². The SMILES string of the molecule is Clc1cccc2c1-c1cc3c4ccccc4n4c5ccccc5c(c1C2)c34. The van der Waals surface area contributed by atoms with Crippen LogP contribution in [0, 0.1) is 0 Å². The molecule has 0 saturated carbocycles. The maximum atomic E-state index is 6.64. The van der Waals surface area contributed by atoms with Gasteiger partial charge in [-0.2, -0.15) is 0 Å². The summed E-state index contributed by atoms with van der Waals surface area (Å²) < 4.78 is 2.44. The van der Waals surface area contributed by atoms with Crippen molar-refractivity contribution in [1.82, 2.24) is 4.40 Å². The van der Waals surface area contributed by atoms with Crippen molar-refractivity contribution >= 4 is 49.7 Å². The highest BCUT2D eigenvalue weighted by atomic mass is 35.5. The summed E-state index contributed by atoms with van der Waals surface area (Å²) in [6, 6.07) is 26.2. The first-order chi connectivity index (χ1) is 13.3. The second-order valence-corrected chi connectivity index (χ2v) is 7.90. The van der Waals surface area contributed by atoms with Crippen molar-refractivity contribution in [2.45, 2.75) is 6.42 Å². The van der Waals surface area contributed by atoms with Crippen LogP contribution in [0.3, 0.4) is 0 Å². The molecule has 0 spiro atoms. The van der Waals surface area contributed by atoms with E-state index >= 15 is 0 Å². The van der Waals surface area contributed by atoms with Crippen LogP contribution in [0.15, 0.2) is 72.8 Å². The normalized spacial score (nSPS) is 13.2. The summed E-state index contributed by atoms with van der Waals surface area (Å²) in [5, 5.41) is 6.22. The summed E-state index contributed by atoms with van der Waals surface area (Å²) in [5.74, 6) is 0. The molecule has 0 amide bonds. The summed E-state index contributed by atoms with van der Waals surface area (Å²) in [5.41, 5.74) is 9.18. The summed E-state index contributed by atoms with van der Waals surface area (Å²) in [6.07, 6.45) is 0.951. The number of aromatic nitrogens is 1. The Morgan fingerprint density at radius 3 is 2.33 bits per heavy atom. The number of para-hydroxylation sites is 2. The molecule has 0 fully saturated rings. The molecule has 0 unspecified atom stereocenters. The first kappa shape index (κ1) is 14.1. The van der Waals surface area contributed by atoms with Crippen molar-refractivity contribution < 1.29 is 0 Å². The molecule has 1 aliphatic rings. The molecule has 2 heteroatoms. The highest BCUT2D eigenvalue weighted by molar-refractivity contribution is 6.34. The van der Waals surface area contributed by atoms with Crippen LogP contribution in [0.2, 0.25) is 5.02 Å². The summed E-state index contributed by atoms with van der Waals surface area (Å²) >= 11 is 6.64. The fourth-order valence-corrected chi connectivity index (χ4v) is 5.50. The Bertz CT molecular complexity index is 1550. The lowest BCUT2D eigenvalue weighted by Crippen LogP contribution is -1.83. The van der Waals surface area contributed by atoms with Gasteiger partial charge in [-0.15, -0.1) is 0 Å². The van der Waals surface area contributed by atoms with Crippen LogP contribution in [-0.4, -0.2) is 4.40 Å². The van der Waals surface area contributed by atoms with E-state index in [0.717, 1.165) is 11.4 Å². The molecular formula is C25H14ClN. The van der Waals surface area contributed by atoms with Gasteiger partial charge in [-0.25, -0.2) is 0 Å². The molecule has 2 heterocycles. The number of halogens is 1. The van der Waals surface area contributed by atoms with E-state index in [9.17, 15) is 0 Å². The summed E-state index contributed by atoms with van der Waals surface area (Å²) in [4.78, 5) is 0. The van der Waals surface area contributed by atoms with Crippen LogP contribution in [0.4, 0.5) is 0 Å². The molecule has 27 heavy (non-hydrogen) atoms. The summed E-state index contributed by atoms with van der Waals surface area (Å²) in [6.45, 7) is 0. The predicted octanol–water partition coefficient (Wildman–Crippen LogP) is 7.06. The molecular weight excluding hydrogens is 350 g/mol. The van der Waals surface area contributed by atoms with Crippen LogP contribution in [0.1, 0.15) is 11.1 Å². The molecule has 0 radical (unpaired) electrons. The van der Waals surface area contributed by atoms with E-state index in [1.807, 2.05) is 6.07 Å². The minimum atomic E-state index is 0.854. The van der Waals surface area contributed by atoms with Gasteiger partial charge < -0.3 is 4.40 Å². The highest BCUT2D eigenvalue weighted by Gasteiger charge is 2.28. The lowest BCUT2D eigenvalue weighted by Gasteiger charge is -2.06. The van der Waals surface area contributed by atoms with Gasteiger partial charge in [0.05, 0.1) is 16.6 Å². The third-order valence-electron chi connectivity index (χ3n) is 6.22. The average molecular weight is 364 g/mol. The van der Waals surface area contributed by atoms with E-state index in [2.05, 4.69) is 71.1 Å². The largest absolute Gasteiger partial charge is 0.308 e. The zero-order chi connectivity index (χ0) is 17.7. The van der Waals surface area contributed by atoms with Gasteiger partial charge in [0.25, 0.3) is 0 Å². The van der Waals surface area contributed by atoms with Gasteiger partial charge in [-0.05, 0) is 47.4 Å². The first-order valence-corrected chi connectivity index (χ1v) is 9.67. The molecule has 1 nitrogen and oxygen atoms in total.